The van der Waals surface area contributed by atoms with E-state index in [1.54, 1.807) is 11.8 Å². The maximum atomic E-state index is 12.6. The number of methoxy groups -OCH3 is 1. The monoisotopic (exact) mass is 361 g/mol. The van der Waals surface area contributed by atoms with Crippen molar-refractivity contribution in [2.45, 2.75) is 38.2 Å². The molecule has 1 aromatic heterocycles. The number of amides is 1. The zero-order valence-corrected chi connectivity index (χ0v) is 15.6. The molecule has 1 amide bonds. The maximum absolute atomic E-state index is 12.6. The molecule has 2 aromatic rings. The van der Waals surface area contributed by atoms with E-state index >= 15 is 0 Å². The van der Waals surface area contributed by atoms with Gasteiger partial charge in [0.2, 0.25) is 5.91 Å². The van der Waals surface area contributed by atoms with E-state index in [1.165, 1.54) is 0 Å². The van der Waals surface area contributed by atoms with E-state index in [4.69, 9.17) is 4.74 Å². The smallest absolute Gasteiger partial charge is 0.228 e. The van der Waals surface area contributed by atoms with E-state index in [9.17, 15) is 9.00 Å². The van der Waals surface area contributed by atoms with Gasteiger partial charge < -0.3 is 10.1 Å². The van der Waals surface area contributed by atoms with Crippen LogP contribution < -0.4 is 10.1 Å². The summed E-state index contributed by atoms with van der Waals surface area (Å²) in [5, 5.41) is 7.64. The predicted octanol–water partition coefficient (Wildman–Crippen LogP) is 3.02. The van der Waals surface area contributed by atoms with Crippen molar-refractivity contribution in [1.82, 2.24) is 9.78 Å². The summed E-state index contributed by atoms with van der Waals surface area (Å²) < 4.78 is 18.8. The molecule has 0 bridgehead atoms. The van der Waals surface area contributed by atoms with Gasteiger partial charge in [-0.25, -0.2) is 4.68 Å². The van der Waals surface area contributed by atoms with Crippen molar-refractivity contribution in [3.8, 4) is 11.4 Å². The summed E-state index contributed by atoms with van der Waals surface area (Å²) in [5.74, 6) is 2.22. The molecule has 25 heavy (non-hydrogen) atoms. The molecule has 3 rings (SSSR count). The van der Waals surface area contributed by atoms with Crippen molar-refractivity contribution in [3.05, 3.63) is 35.5 Å². The Hall–Kier alpha value is -2.15. The highest BCUT2D eigenvalue weighted by Crippen LogP contribution is 2.32. The Morgan fingerprint density at radius 3 is 2.56 bits per heavy atom. The third-order valence-electron chi connectivity index (χ3n) is 4.58. The summed E-state index contributed by atoms with van der Waals surface area (Å²) in [6, 6.07) is 7.50. The Morgan fingerprint density at radius 2 is 1.96 bits per heavy atom. The van der Waals surface area contributed by atoms with Crippen molar-refractivity contribution < 1.29 is 13.7 Å². The quantitative estimate of drug-likeness (QED) is 0.858. The van der Waals surface area contributed by atoms with Gasteiger partial charge in [-0.1, -0.05) is 13.8 Å². The van der Waals surface area contributed by atoms with Gasteiger partial charge >= 0.3 is 0 Å². The molecule has 0 saturated heterocycles. The molecule has 134 valence electrons. The lowest BCUT2D eigenvalue weighted by Gasteiger charge is -2.15. The number of benzene rings is 1. The van der Waals surface area contributed by atoms with Gasteiger partial charge in [0.15, 0.2) is 0 Å². The van der Waals surface area contributed by atoms with Crippen molar-refractivity contribution in [1.29, 1.82) is 0 Å². The van der Waals surface area contributed by atoms with Crippen molar-refractivity contribution in [2.75, 3.05) is 12.4 Å². The van der Waals surface area contributed by atoms with E-state index in [0.29, 0.717) is 17.3 Å². The molecule has 0 fully saturated rings. The van der Waals surface area contributed by atoms with Crippen LogP contribution in [-0.2, 0) is 27.1 Å². The molecule has 1 N–H and O–H groups in total. The van der Waals surface area contributed by atoms with Crippen molar-refractivity contribution in [3.63, 3.8) is 0 Å². The average molecular weight is 361 g/mol. The topological polar surface area (TPSA) is 73.2 Å². The fraction of sp³-hybridized carbons (Fsp3) is 0.444. The molecule has 1 aliphatic rings. The van der Waals surface area contributed by atoms with E-state index in [0.717, 1.165) is 35.5 Å². The van der Waals surface area contributed by atoms with Crippen LogP contribution in [0.2, 0.25) is 0 Å². The fourth-order valence-corrected chi connectivity index (χ4v) is 4.31. The molecule has 1 aromatic carbocycles. The van der Waals surface area contributed by atoms with Gasteiger partial charge in [-0.05, 0) is 37.1 Å². The second-order valence-corrected chi connectivity index (χ2v) is 7.57. The summed E-state index contributed by atoms with van der Waals surface area (Å²) >= 11 is 0. The Balaban J connectivity index is 1.99. The van der Waals surface area contributed by atoms with Crippen LogP contribution in [0.5, 0.6) is 5.75 Å². The lowest BCUT2D eigenvalue weighted by molar-refractivity contribution is -0.120. The van der Waals surface area contributed by atoms with Gasteiger partial charge in [0, 0.05) is 22.3 Å². The summed E-state index contributed by atoms with van der Waals surface area (Å²) in [5.41, 5.74) is 2.52. The molecular weight excluding hydrogens is 338 g/mol. The first-order valence-corrected chi connectivity index (χ1v) is 9.97. The van der Waals surface area contributed by atoms with Crippen LogP contribution in [0.25, 0.3) is 5.69 Å². The Morgan fingerprint density at radius 1 is 1.28 bits per heavy atom. The lowest BCUT2D eigenvalue weighted by Crippen LogP contribution is -2.24. The minimum atomic E-state index is -0.944. The van der Waals surface area contributed by atoms with E-state index in [1.807, 2.05) is 38.1 Å². The number of anilines is 1. The number of aromatic nitrogens is 2. The first-order valence-electron chi connectivity index (χ1n) is 8.48. The summed E-state index contributed by atoms with van der Waals surface area (Å²) in [6.07, 6.45) is 1.57. The summed E-state index contributed by atoms with van der Waals surface area (Å²) in [7, 11) is 0.675. The number of ether oxygens (including phenoxy) is 1. The van der Waals surface area contributed by atoms with Gasteiger partial charge in [0.1, 0.15) is 11.6 Å². The lowest BCUT2D eigenvalue weighted by atomic mass is 10.0. The fourth-order valence-electron chi connectivity index (χ4n) is 3.04. The summed E-state index contributed by atoms with van der Waals surface area (Å²) in [6.45, 7) is 4.02. The van der Waals surface area contributed by atoms with Crippen LogP contribution in [0.3, 0.4) is 0 Å². The normalized spacial score (nSPS) is 16.1. The van der Waals surface area contributed by atoms with Crippen LogP contribution in [-0.4, -0.2) is 27.0 Å². The molecule has 6 nitrogen and oxygen atoms in total. The van der Waals surface area contributed by atoms with Crippen LogP contribution in [0, 0.1) is 5.92 Å². The van der Waals surface area contributed by atoms with Crippen molar-refractivity contribution >= 4 is 22.5 Å². The van der Waals surface area contributed by atoms with Gasteiger partial charge in [-0.3, -0.25) is 9.00 Å². The highest BCUT2D eigenvalue weighted by atomic mass is 32.2. The highest BCUT2D eigenvalue weighted by Gasteiger charge is 2.29. The Bertz CT molecular complexity index is 795. The maximum Gasteiger partial charge on any atom is 0.228 e. The van der Waals surface area contributed by atoms with Crippen molar-refractivity contribution in [2.24, 2.45) is 5.92 Å². The predicted molar refractivity (Wildman–Crippen MR) is 98.4 cm³/mol. The second kappa shape index (κ2) is 7.39. The molecule has 1 aliphatic heterocycles. The highest BCUT2D eigenvalue weighted by molar-refractivity contribution is 7.83. The van der Waals surface area contributed by atoms with E-state index in [2.05, 4.69) is 10.4 Å². The third kappa shape index (κ3) is 3.46. The minimum absolute atomic E-state index is 0.0138. The van der Waals surface area contributed by atoms with Gasteiger partial charge in [-0.2, -0.15) is 5.10 Å². The number of fused-ring (bicyclic) bond motifs is 1. The number of nitrogens with one attached hydrogen (secondary N) is 1. The van der Waals surface area contributed by atoms with Crippen LogP contribution >= 0.6 is 0 Å². The number of nitrogens with zero attached hydrogens (tertiary/aromatic N) is 2. The first-order chi connectivity index (χ1) is 12.1. The molecule has 0 spiro atoms. The number of hydrogen-bond acceptors (Lipinski definition) is 4. The van der Waals surface area contributed by atoms with E-state index in [-0.39, 0.29) is 11.8 Å². The number of carbonyl (C=O) groups excluding carboxylic acids is 1. The molecule has 7 heteroatoms. The standard InChI is InChI=1S/C18H23N3O3S/c1-4-12(5-2)18(22)19-17-15-10-25(23)11-16(15)20-21(17)13-6-8-14(24-3)9-7-13/h6-9,12H,4-5,10-11H2,1-3H3,(H,19,22)/t25-/m1/s1. The zero-order chi connectivity index (χ0) is 18.0. The Labute approximate surface area is 150 Å². The molecule has 1 atom stereocenters. The number of rotatable bonds is 6. The van der Waals surface area contributed by atoms with Gasteiger partial charge in [0.25, 0.3) is 0 Å². The SMILES string of the molecule is CCC(CC)C(=O)Nc1c2c(nn1-c1ccc(OC)cc1)C[S@](=O)C2. The van der Waals surface area contributed by atoms with E-state index < -0.39 is 10.8 Å². The van der Waals surface area contributed by atoms with Crippen LogP contribution in [0.1, 0.15) is 37.9 Å². The molecule has 0 unspecified atom stereocenters. The van der Waals surface area contributed by atoms with Gasteiger partial charge in [0.05, 0.1) is 30.0 Å². The number of hydrogen-bond donors (Lipinski definition) is 1. The minimum Gasteiger partial charge on any atom is -0.497 e. The molecule has 0 aliphatic carbocycles. The van der Waals surface area contributed by atoms with Crippen LogP contribution in [0.15, 0.2) is 24.3 Å². The summed E-state index contributed by atoms with van der Waals surface area (Å²) in [4.78, 5) is 12.6. The molecular formula is C18H23N3O3S. The van der Waals surface area contributed by atoms with Gasteiger partial charge in [-0.15, -0.1) is 0 Å². The molecule has 2 heterocycles. The number of carbonyl (C=O) groups is 1. The van der Waals surface area contributed by atoms with Crippen LogP contribution in [0.4, 0.5) is 5.82 Å². The first kappa shape index (κ1) is 17.7. The molecule has 0 saturated carbocycles. The second-order valence-electron chi connectivity index (χ2n) is 6.11. The third-order valence-corrected chi connectivity index (χ3v) is 5.79. The average Bonchev–Trinajstić information content (AvgIpc) is 3.13. The largest absolute Gasteiger partial charge is 0.497 e. The Kier molecular flexibility index (Phi) is 5.22. The zero-order valence-electron chi connectivity index (χ0n) is 14.7. The molecule has 0 radical (unpaired) electrons.